The second-order valence-electron chi connectivity index (χ2n) is 8.56. The van der Waals surface area contributed by atoms with Gasteiger partial charge in [-0.05, 0) is 60.5 Å². The highest BCUT2D eigenvalue weighted by molar-refractivity contribution is 5.94. The fourth-order valence-corrected chi connectivity index (χ4v) is 4.12. The van der Waals surface area contributed by atoms with Gasteiger partial charge < -0.3 is 19.7 Å². The number of halogens is 1. The van der Waals surface area contributed by atoms with Crippen molar-refractivity contribution in [2.75, 3.05) is 39.5 Å². The second kappa shape index (κ2) is 11.1. The fourth-order valence-electron chi connectivity index (χ4n) is 4.12. The van der Waals surface area contributed by atoms with Gasteiger partial charge in [-0.1, -0.05) is 30.3 Å². The van der Waals surface area contributed by atoms with E-state index in [1.807, 2.05) is 49.4 Å². The van der Waals surface area contributed by atoms with E-state index in [4.69, 9.17) is 9.47 Å². The number of allylic oxidation sites excluding steroid dienone is 1. The van der Waals surface area contributed by atoms with Gasteiger partial charge in [0.1, 0.15) is 36.2 Å². The SMILES string of the molecule is CC1=C(c2cccc(O)c2)COc2ccc(O)cc21.FCC1CN(CCOc2ccccc2)C1. The van der Waals surface area contributed by atoms with Crippen LogP contribution in [0.5, 0.6) is 23.0 Å². The molecule has 1 saturated heterocycles. The molecular formula is C28H30FNO4. The molecule has 2 aliphatic heterocycles. The molecule has 0 amide bonds. The lowest BCUT2D eigenvalue weighted by Gasteiger charge is -2.37. The third-order valence-electron chi connectivity index (χ3n) is 6.06. The lowest BCUT2D eigenvalue weighted by atomic mass is 9.93. The van der Waals surface area contributed by atoms with Crippen LogP contribution < -0.4 is 9.47 Å². The van der Waals surface area contributed by atoms with Crippen LogP contribution in [-0.2, 0) is 0 Å². The third-order valence-corrected chi connectivity index (χ3v) is 6.06. The Labute approximate surface area is 199 Å². The molecule has 0 saturated carbocycles. The molecule has 2 N–H and O–H groups in total. The van der Waals surface area contributed by atoms with E-state index < -0.39 is 0 Å². The smallest absolute Gasteiger partial charge is 0.127 e. The number of aromatic hydroxyl groups is 2. The third kappa shape index (κ3) is 5.88. The Kier molecular flexibility index (Phi) is 7.70. The average Bonchev–Trinajstić information content (AvgIpc) is 2.82. The maximum Gasteiger partial charge on any atom is 0.127 e. The number of hydrogen-bond acceptors (Lipinski definition) is 5. The highest BCUT2D eigenvalue weighted by Crippen LogP contribution is 2.38. The number of fused-ring (bicyclic) bond motifs is 1. The molecule has 0 atom stereocenters. The first-order valence-corrected chi connectivity index (χ1v) is 11.4. The average molecular weight is 464 g/mol. The molecule has 0 bridgehead atoms. The van der Waals surface area contributed by atoms with E-state index in [1.165, 1.54) is 0 Å². The summed E-state index contributed by atoms with van der Waals surface area (Å²) >= 11 is 0. The quantitative estimate of drug-likeness (QED) is 0.513. The topological polar surface area (TPSA) is 62.2 Å². The summed E-state index contributed by atoms with van der Waals surface area (Å²) in [6.07, 6.45) is 0. The van der Waals surface area contributed by atoms with Crippen LogP contribution in [0, 0.1) is 5.92 Å². The van der Waals surface area contributed by atoms with Crippen LogP contribution in [0.4, 0.5) is 4.39 Å². The molecule has 0 spiro atoms. The highest BCUT2D eigenvalue weighted by Gasteiger charge is 2.25. The summed E-state index contributed by atoms with van der Waals surface area (Å²) in [5.41, 5.74) is 3.91. The van der Waals surface area contributed by atoms with Gasteiger partial charge in [0.05, 0.1) is 6.67 Å². The van der Waals surface area contributed by atoms with Crippen LogP contribution in [-0.4, -0.2) is 54.6 Å². The maximum absolute atomic E-state index is 12.1. The summed E-state index contributed by atoms with van der Waals surface area (Å²) in [7, 11) is 0. The number of rotatable bonds is 6. The molecule has 5 nitrogen and oxygen atoms in total. The predicted octanol–water partition coefficient (Wildman–Crippen LogP) is 5.39. The van der Waals surface area contributed by atoms with E-state index in [9.17, 15) is 14.6 Å². The van der Waals surface area contributed by atoms with Gasteiger partial charge >= 0.3 is 0 Å². The summed E-state index contributed by atoms with van der Waals surface area (Å²) < 4.78 is 23.4. The number of likely N-dealkylation sites (tertiary alicyclic amines) is 1. The Balaban J connectivity index is 0.000000166. The van der Waals surface area contributed by atoms with Crippen LogP contribution in [0.2, 0.25) is 0 Å². The Morgan fingerprint density at radius 1 is 0.971 bits per heavy atom. The zero-order valence-corrected chi connectivity index (χ0v) is 19.3. The Morgan fingerprint density at radius 2 is 1.74 bits per heavy atom. The number of phenolic OH excluding ortho intramolecular Hbond substituents is 2. The molecule has 1 fully saturated rings. The van der Waals surface area contributed by atoms with Gasteiger partial charge in [0.15, 0.2) is 0 Å². The summed E-state index contributed by atoms with van der Waals surface area (Å²) in [6.45, 7) is 5.63. The van der Waals surface area contributed by atoms with E-state index >= 15 is 0 Å². The van der Waals surface area contributed by atoms with E-state index in [-0.39, 0.29) is 24.1 Å². The molecule has 34 heavy (non-hydrogen) atoms. The molecule has 3 aromatic carbocycles. The van der Waals surface area contributed by atoms with Gasteiger partial charge in [0.2, 0.25) is 0 Å². The molecular weight excluding hydrogens is 433 g/mol. The van der Waals surface area contributed by atoms with Crippen LogP contribution in [0.1, 0.15) is 18.1 Å². The van der Waals surface area contributed by atoms with E-state index in [1.54, 1.807) is 30.3 Å². The Morgan fingerprint density at radius 3 is 2.47 bits per heavy atom. The molecule has 0 radical (unpaired) electrons. The number of phenols is 2. The van der Waals surface area contributed by atoms with Crippen molar-refractivity contribution in [3.63, 3.8) is 0 Å². The largest absolute Gasteiger partial charge is 0.508 e. The van der Waals surface area contributed by atoms with E-state index in [0.29, 0.717) is 13.2 Å². The van der Waals surface area contributed by atoms with Gasteiger partial charge in [-0.2, -0.15) is 0 Å². The molecule has 6 heteroatoms. The molecule has 2 aliphatic rings. The number of alkyl halides is 1. The zero-order valence-electron chi connectivity index (χ0n) is 19.3. The van der Waals surface area contributed by atoms with Crippen LogP contribution >= 0.6 is 0 Å². The van der Waals surface area contributed by atoms with Crippen molar-refractivity contribution in [1.29, 1.82) is 0 Å². The van der Waals surface area contributed by atoms with Gasteiger partial charge in [0.25, 0.3) is 0 Å². The maximum atomic E-state index is 12.1. The predicted molar refractivity (Wildman–Crippen MR) is 132 cm³/mol. The van der Waals surface area contributed by atoms with Gasteiger partial charge in [-0.3, -0.25) is 9.29 Å². The molecule has 2 heterocycles. The molecule has 178 valence electrons. The minimum absolute atomic E-state index is 0.184. The standard InChI is InChI=1S/C16H14O3.C12H16FNO/c1-10-14-8-13(18)5-6-16(14)19-9-15(10)11-3-2-4-12(17)7-11;13-8-11-9-14(10-11)6-7-15-12-4-2-1-3-5-12/h2-8,17-18H,9H2,1H3;1-5,11H,6-10H2. The number of ether oxygens (including phenoxy) is 2. The Hall–Kier alpha value is -3.51. The van der Waals surface area contributed by atoms with Gasteiger partial charge in [-0.25, -0.2) is 0 Å². The van der Waals surface area contributed by atoms with Crippen molar-refractivity contribution in [1.82, 2.24) is 4.90 Å². The first-order valence-electron chi connectivity index (χ1n) is 11.4. The van der Waals surface area contributed by atoms with E-state index in [2.05, 4.69) is 4.90 Å². The summed E-state index contributed by atoms with van der Waals surface area (Å²) in [5.74, 6) is 2.40. The van der Waals surface area contributed by atoms with Crippen molar-refractivity contribution in [2.24, 2.45) is 5.92 Å². The number of hydrogen-bond donors (Lipinski definition) is 2. The zero-order chi connectivity index (χ0) is 23.9. The minimum Gasteiger partial charge on any atom is -0.508 e. The second-order valence-corrected chi connectivity index (χ2v) is 8.56. The van der Waals surface area contributed by atoms with E-state index in [0.717, 1.165) is 53.4 Å². The number of para-hydroxylation sites is 1. The van der Waals surface area contributed by atoms with Crippen molar-refractivity contribution >= 4 is 11.1 Å². The first kappa shape index (κ1) is 23.6. The van der Waals surface area contributed by atoms with Crippen LogP contribution in [0.15, 0.2) is 72.8 Å². The lowest BCUT2D eigenvalue weighted by molar-refractivity contribution is 0.0668. The van der Waals surface area contributed by atoms with Crippen molar-refractivity contribution < 1.29 is 24.1 Å². The summed E-state index contributed by atoms with van der Waals surface area (Å²) in [5, 5.41) is 19.2. The van der Waals surface area contributed by atoms with Crippen molar-refractivity contribution in [3.05, 3.63) is 83.9 Å². The van der Waals surface area contributed by atoms with Crippen molar-refractivity contribution in [2.45, 2.75) is 6.92 Å². The molecule has 5 rings (SSSR count). The number of nitrogens with zero attached hydrogens (tertiary/aromatic N) is 1. The lowest BCUT2D eigenvalue weighted by Crippen LogP contribution is -2.49. The Bertz CT molecular complexity index is 1130. The fraction of sp³-hybridized carbons (Fsp3) is 0.286. The van der Waals surface area contributed by atoms with Gasteiger partial charge in [-0.15, -0.1) is 0 Å². The molecule has 0 aliphatic carbocycles. The molecule has 3 aromatic rings. The molecule has 0 unspecified atom stereocenters. The normalized spacial score (nSPS) is 15.5. The van der Waals surface area contributed by atoms with Crippen molar-refractivity contribution in [3.8, 4) is 23.0 Å². The summed E-state index contributed by atoms with van der Waals surface area (Å²) in [4.78, 5) is 2.22. The number of benzene rings is 3. The molecule has 0 aromatic heterocycles. The monoisotopic (exact) mass is 463 g/mol. The van der Waals surface area contributed by atoms with Crippen LogP contribution in [0.25, 0.3) is 11.1 Å². The summed E-state index contributed by atoms with van der Waals surface area (Å²) in [6, 6.07) is 22.0. The minimum atomic E-state index is -0.184. The first-order chi connectivity index (χ1) is 16.5. The van der Waals surface area contributed by atoms with Crippen LogP contribution in [0.3, 0.4) is 0 Å². The highest BCUT2D eigenvalue weighted by atomic mass is 19.1. The van der Waals surface area contributed by atoms with Gasteiger partial charge in [0, 0.05) is 36.7 Å².